The molecule has 2 aromatic rings. The normalized spacial score (nSPS) is 15.7. The van der Waals surface area contributed by atoms with E-state index in [9.17, 15) is 9.18 Å². The van der Waals surface area contributed by atoms with Gasteiger partial charge in [0, 0.05) is 37.3 Å². The van der Waals surface area contributed by atoms with Crippen LogP contribution in [0.15, 0.2) is 36.4 Å². The molecule has 1 heterocycles. The molecule has 1 amide bonds. The average Bonchev–Trinajstić information content (AvgIpc) is 2.46. The number of hydrogen-bond donors (Lipinski definition) is 1. The monoisotopic (exact) mass is 274 g/mol. The molecule has 0 saturated carbocycles. The number of piperazine rings is 1. The van der Waals surface area contributed by atoms with Crippen LogP contribution in [0.2, 0.25) is 0 Å². The van der Waals surface area contributed by atoms with Crippen LogP contribution in [0.25, 0.3) is 10.8 Å². The highest BCUT2D eigenvalue weighted by molar-refractivity contribution is 5.94. The number of benzene rings is 2. The summed E-state index contributed by atoms with van der Waals surface area (Å²) in [5, 5.41) is 10.8. The summed E-state index contributed by atoms with van der Waals surface area (Å²) in [4.78, 5) is 14.4. The van der Waals surface area contributed by atoms with E-state index in [2.05, 4.69) is 4.90 Å². The minimum atomic E-state index is -0.881. The Hall–Kier alpha value is -2.30. The molecule has 0 bridgehead atoms. The first-order valence-electron chi connectivity index (χ1n) is 6.56. The minimum Gasteiger partial charge on any atom is -0.465 e. The van der Waals surface area contributed by atoms with Crippen LogP contribution in [0.4, 0.5) is 14.9 Å². The molecular formula is C15H15FN2O2. The van der Waals surface area contributed by atoms with Crippen molar-refractivity contribution >= 4 is 22.6 Å². The zero-order valence-corrected chi connectivity index (χ0v) is 10.9. The molecule has 1 fully saturated rings. The van der Waals surface area contributed by atoms with Gasteiger partial charge >= 0.3 is 6.09 Å². The maximum absolute atomic E-state index is 13.4. The molecule has 4 nitrogen and oxygen atoms in total. The molecule has 1 aliphatic heterocycles. The first kappa shape index (κ1) is 12.7. The second-order valence-corrected chi connectivity index (χ2v) is 4.90. The van der Waals surface area contributed by atoms with Crippen molar-refractivity contribution in [2.75, 3.05) is 31.1 Å². The summed E-state index contributed by atoms with van der Waals surface area (Å²) in [6.07, 6.45) is -0.881. The van der Waals surface area contributed by atoms with E-state index in [1.165, 1.54) is 17.0 Å². The Balaban J connectivity index is 1.91. The van der Waals surface area contributed by atoms with Crippen LogP contribution in [0, 0.1) is 5.82 Å². The van der Waals surface area contributed by atoms with Crippen LogP contribution < -0.4 is 4.90 Å². The first-order valence-corrected chi connectivity index (χ1v) is 6.56. The Labute approximate surface area is 116 Å². The molecule has 2 aromatic carbocycles. The van der Waals surface area contributed by atoms with Gasteiger partial charge in [0.15, 0.2) is 0 Å². The molecule has 0 radical (unpaired) electrons. The Morgan fingerprint density at radius 3 is 2.55 bits per heavy atom. The lowest BCUT2D eigenvalue weighted by molar-refractivity contribution is 0.142. The SMILES string of the molecule is O=C(O)N1CCN(c2cccc3ccc(F)cc23)CC1. The number of hydrogen-bond acceptors (Lipinski definition) is 2. The van der Waals surface area contributed by atoms with E-state index in [0.29, 0.717) is 26.2 Å². The van der Waals surface area contributed by atoms with Crippen LogP contribution in [0.3, 0.4) is 0 Å². The Morgan fingerprint density at radius 1 is 1.10 bits per heavy atom. The molecule has 1 aliphatic rings. The third kappa shape index (κ3) is 2.27. The maximum Gasteiger partial charge on any atom is 0.407 e. The molecule has 3 rings (SSSR count). The van der Waals surface area contributed by atoms with E-state index < -0.39 is 6.09 Å². The highest BCUT2D eigenvalue weighted by atomic mass is 19.1. The number of nitrogens with zero attached hydrogens (tertiary/aromatic N) is 2. The largest absolute Gasteiger partial charge is 0.465 e. The van der Waals surface area contributed by atoms with E-state index in [-0.39, 0.29) is 5.82 Å². The highest BCUT2D eigenvalue weighted by Gasteiger charge is 2.21. The second-order valence-electron chi connectivity index (χ2n) is 4.90. The van der Waals surface area contributed by atoms with Gasteiger partial charge in [0.25, 0.3) is 0 Å². The van der Waals surface area contributed by atoms with Gasteiger partial charge in [-0.25, -0.2) is 9.18 Å². The summed E-state index contributed by atoms with van der Waals surface area (Å²) in [5.41, 5.74) is 0.965. The van der Waals surface area contributed by atoms with Crippen LogP contribution in [-0.4, -0.2) is 42.3 Å². The van der Waals surface area contributed by atoms with Crippen LogP contribution in [0.5, 0.6) is 0 Å². The number of fused-ring (bicyclic) bond motifs is 1. The second kappa shape index (κ2) is 5.00. The Morgan fingerprint density at radius 2 is 1.85 bits per heavy atom. The summed E-state index contributed by atoms with van der Waals surface area (Å²) < 4.78 is 13.4. The predicted octanol–water partition coefficient (Wildman–Crippen LogP) is 2.78. The van der Waals surface area contributed by atoms with Crippen LogP contribution >= 0.6 is 0 Å². The fourth-order valence-corrected chi connectivity index (χ4v) is 2.64. The molecule has 0 spiro atoms. The smallest absolute Gasteiger partial charge is 0.407 e. The van der Waals surface area contributed by atoms with Crippen molar-refractivity contribution in [3.05, 3.63) is 42.2 Å². The molecule has 5 heteroatoms. The van der Waals surface area contributed by atoms with Crippen LogP contribution in [-0.2, 0) is 0 Å². The number of halogens is 1. The van der Waals surface area contributed by atoms with Crippen molar-refractivity contribution in [2.45, 2.75) is 0 Å². The molecule has 0 atom stereocenters. The van der Waals surface area contributed by atoms with Gasteiger partial charge in [0.1, 0.15) is 5.82 Å². The standard InChI is InChI=1S/C15H15FN2O2/c16-12-5-4-11-2-1-3-14(13(11)10-12)17-6-8-18(9-7-17)15(19)20/h1-5,10H,6-9H2,(H,19,20). The third-order valence-corrected chi connectivity index (χ3v) is 3.71. The van der Waals surface area contributed by atoms with Gasteiger partial charge in [0.2, 0.25) is 0 Å². The fourth-order valence-electron chi connectivity index (χ4n) is 2.64. The molecular weight excluding hydrogens is 259 g/mol. The predicted molar refractivity (Wildman–Crippen MR) is 75.7 cm³/mol. The molecule has 1 N–H and O–H groups in total. The van der Waals surface area contributed by atoms with Crippen molar-refractivity contribution in [3.63, 3.8) is 0 Å². The summed E-state index contributed by atoms with van der Waals surface area (Å²) in [6.45, 7) is 2.20. The molecule has 0 aliphatic carbocycles. The van der Waals surface area contributed by atoms with Gasteiger partial charge in [-0.05, 0) is 23.6 Å². The van der Waals surface area contributed by atoms with E-state index in [0.717, 1.165) is 16.5 Å². The lowest BCUT2D eigenvalue weighted by atomic mass is 10.1. The van der Waals surface area contributed by atoms with E-state index in [4.69, 9.17) is 5.11 Å². The van der Waals surface area contributed by atoms with Crippen molar-refractivity contribution in [3.8, 4) is 0 Å². The molecule has 0 unspecified atom stereocenters. The van der Waals surface area contributed by atoms with E-state index in [1.807, 2.05) is 18.2 Å². The molecule has 0 aromatic heterocycles. The molecule has 20 heavy (non-hydrogen) atoms. The van der Waals surface area contributed by atoms with E-state index in [1.54, 1.807) is 6.07 Å². The molecule has 1 saturated heterocycles. The van der Waals surface area contributed by atoms with Gasteiger partial charge < -0.3 is 14.9 Å². The van der Waals surface area contributed by atoms with Crippen molar-refractivity contribution in [1.82, 2.24) is 4.90 Å². The number of rotatable bonds is 1. The quantitative estimate of drug-likeness (QED) is 0.869. The number of carbonyl (C=O) groups is 1. The fraction of sp³-hybridized carbons (Fsp3) is 0.267. The van der Waals surface area contributed by atoms with Gasteiger partial charge in [0.05, 0.1) is 0 Å². The molecule has 104 valence electrons. The van der Waals surface area contributed by atoms with Crippen LogP contribution in [0.1, 0.15) is 0 Å². The minimum absolute atomic E-state index is 0.255. The third-order valence-electron chi connectivity index (χ3n) is 3.71. The number of anilines is 1. The lowest BCUT2D eigenvalue weighted by Gasteiger charge is -2.35. The summed E-state index contributed by atoms with van der Waals surface area (Å²) in [5.74, 6) is -0.255. The lowest BCUT2D eigenvalue weighted by Crippen LogP contribution is -2.48. The first-order chi connectivity index (χ1) is 9.65. The summed E-state index contributed by atoms with van der Waals surface area (Å²) >= 11 is 0. The zero-order valence-electron chi connectivity index (χ0n) is 10.9. The Kier molecular flexibility index (Phi) is 3.18. The maximum atomic E-state index is 13.4. The topological polar surface area (TPSA) is 43.8 Å². The van der Waals surface area contributed by atoms with Crippen molar-refractivity contribution < 1.29 is 14.3 Å². The zero-order chi connectivity index (χ0) is 14.1. The summed E-state index contributed by atoms with van der Waals surface area (Å²) in [7, 11) is 0. The highest BCUT2D eigenvalue weighted by Crippen LogP contribution is 2.28. The van der Waals surface area contributed by atoms with Gasteiger partial charge in [-0.15, -0.1) is 0 Å². The van der Waals surface area contributed by atoms with Gasteiger partial charge in [-0.2, -0.15) is 0 Å². The van der Waals surface area contributed by atoms with Gasteiger partial charge in [-0.3, -0.25) is 0 Å². The average molecular weight is 274 g/mol. The summed E-state index contributed by atoms with van der Waals surface area (Å²) in [6, 6.07) is 10.6. The van der Waals surface area contributed by atoms with Crippen molar-refractivity contribution in [1.29, 1.82) is 0 Å². The number of amides is 1. The number of carboxylic acid groups (broad SMARTS) is 1. The Bertz CT molecular complexity index is 651. The van der Waals surface area contributed by atoms with Crippen molar-refractivity contribution in [2.24, 2.45) is 0 Å². The van der Waals surface area contributed by atoms with E-state index >= 15 is 0 Å². The van der Waals surface area contributed by atoms with Gasteiger partial charge in [-0.1, -0.05) is 18.2 Å².